The first kappa shape index (κ1) is 13.8. The molecule has 0 fully saturated rings. The van der Waals surface area contributed by atoms with Gasteiger partial charge in [0.15, 0.2) is 23.3 Å². The highest BCUT2D eigenvalue weighted by Gasteiger charge is 2.29. The molecule has 0 unspecified atom stereocenters. The molecular formula is C9H2ClF7. The minimum absolute atomic E-state index is 0.935. The summed E-state index contributed by atoms with van der Waals surface area (Å²) in [5.41, 5.74) is -3.29. The van der Waals surface area contributed by atoms with Gasteiger partial charge in [-0.3, -0.25) is 0 Å². The molecule has 0 nitrogen and oxygen atoms in total. The van der Waals surface area contributed by atoms with Crippen molar-refractivity contribution in [2.24, 2.45) is 0 Å². The van der Waals surface area contributed by atoms with Gasteiger partial charge in [0, 0.05) is 5.56 Å². The zero-order chi connectivity index (χ0) is 13.3. The number of rotatable bonds is 2. The molecule has 1 rings (SSSR count). The van der Waals surface area contributed by atoms with Gasteiger partial charge in [-0.05, 0) is 0 Å². The summed E-state index contributed by atoms with van der Waals surface area (Å²) in [4.78, 5) is 0. The molecule has 0 heterocycles. The van der Waals surface area contributed by atoms with Crippen LogP contribution in [0.25, 0.3) is 5.83 Å². The van der Waals surface area contributed by atoms with Gasteiger partial charge in [-0.15, -0.1) is 11.6 Å². The van der Waals surface area contributed by atoms with Crippen molar-refractivity contribution in [2.75, 3.05) is 0 Å². The van der Waals surface area contributed by atoms with Crippen LogP contribution in [0.1, 0.15) is 11.1 Å². The van der Waals surface area contributed by atoms with Crippen LogP contribution in [0.15, 0.2) is 6.08 Å². The summed E-state index contributed by atoms with van der Waals surface area (Å²) in [6, 6.07) is 0. The molecule has 8 heteroatoms. The lowest BCUT2D eigenvalue weighted by Crippen LogP contribution is -2.06. The largest absolute Gasteiger partial charge is 0.306 e. The van der Waals surface area contributed by atoms with Crippen LogP contribution in [0, 0.1) is 23.3 Å². The van der Waals surface area contributed by atoms with E-state index >= 15 is 0 Å². The van der Waals surface area contributed by atoms with Gasteiger partial charge >= 0.3 is 6.08 Å². The van der Waals surface area contributed by atoms with E-state index in [-0.39, 0.29) is 0 Å². The lowest BCUT2D eigenvalue weighted by Gasteiger charge is -2.08. The van der Waals surface area contributed by atoms with Crippen molar-refractivity contribution < 1.29 is 30.7 Å². The normalized spacial score (nSPS) is 10.6. The van der Waals surface area contributed by atoms with E-state index in [1.807, 2.05) is 0 Å². The van der Waals surface area contributed by atoms with Gasteiger partial charge in [-0.25, -0.2) is 22.0 Å². The van der Waals surface area contributed by atoms with E-state index < -0.39 is 52.2 Å². The molecule has 94 valence electrons. The third-order valence-electron chi connectivity index (χ3n) is 1.87. The minimum Gasteiger partial charge on any atom is -0.203 e. The van der Waals surface area contributed by atoms with E-state index in [4.69, 9.17) is 11.6 Å². The number of halogens is 8. The summed E-state index contributed by atoms with van der Waals surface area (Å²) in [5, 5.41) is 0. The second-order valence-electron chi connectivity index (χ2n) is 2.82. The maximum atomic E-state index is 13.1. The molecule has 1 aromatic rings. The number of alkyl halides is 1. The number of benzene rings is 1. The van der Waals surface area contributed by atoms with Crippen LogP contribution in [0.3, 0.4) is 0 Å². The van der Waals surface area contributed by atoms with Crippen molar-refractivity contribution in [3.05, 3.63) is 40.5 Å². The van der Waals surface area contributed by atoms with E-state index in [0.717, 1.165) is 0 Å². The molecule has 0 saturated carbocycles. The highest BCUT2D eigenvalue weighted by Crippen LogP contribution is 2.32. The van der Waals surface area contributed by atoms with Gasteiger partial charge in [0.1, 0.15) is 0 Å². The van der Waals surface area contributed by atoms with Crippen molar-refractivity contribution in [3.63, 3.8) is 0 Å². The molecule has 0 N–H and O–H groups in total. The Hall–Kier alpha value is -1.24. The minimum atomic E-state index is -3.10. The molecule has 0 bridgehead atoms. The summed E-state index contributed by atoms with van der Waals surface area (Å²) in [6.45, 7) is 0. The fourth-order valence-electron chi connectivity index (χ4n) is 1.08. The van der Waals surface area contributed by atoms with Crippen LogP contribution in [-0.4, -0.2) is 0 Å². The van der Waals surface area contributed by atoms with E-state index in [2.05, 4.69) is 0 Å². The summed E-state index contributed by atoms with van der Waals surface area (Å²) >= 11 is 5.01. The van der Waals surface area contributed by atoms with Crippen molar-refractivity contribution in [1.82, 2.24) is 0 Å². The fourth-order valence-corrected chi connectivity index (χ4v) is 1.32. The molecule has 0 aromatic heterocycles. The first-order valence-electron chi connectivity index (χ1n) is 3.94. The van der Waals surface area contributed by atoms with Gasteiger partial charge < -0.3 is 0 Å². The summed E-state index contributed by atoms with van der Waals surface area (Å²) in [6.07, 6.45) is -3.10. The molecule has 0 amide bonds. The predicted molar refractivity (Wildman–Crippen MR) is 46.1 cm³/mol. The Balaban J connectivity index is 3.72. The Kier molecular flexibility index (Phi) is 4.03. The molecular weight excluding hydrogens is 277 g/mol. The summed E-state index contributed by atoms with van der Waals surface area (Å²) in [5.74, 6) is -12.1. The average molecular weight is 279 g/mol. The van der Waals surface area contributed by atoms with Crippen LogP contribution in [-0.2, 0) is 5.88 Å². The Morgan fingerprint density at radius 3 is 1.53 bits per heavy atom. The SMILES string of the molecule is FC(F)=C(F)c1c(F)c(F)c(CCl)c(F)c1F. The van der Waals surface area contributed by atoms with Gasteiger partial charge in [0.2, 0.25) is 5.83 Å². The fraction of sp³-hybridized carbons (Fsp3) is 0.111. The third-order valence-corrected chi connectivity index (χ3v) is 2.14. The average Bonchev–Trinajstić information content (AvgIpc) is 2.27. The number of hydrogen-bond acceptors (Lipinski definition) is 0. The van der Waals surface area contributed by atoms with Gasteiger partial charge in [-0.1, -0.05) is 0 Å². The molecule has 0 aliphatic rings. The number of hydrogen-bond donors (Lipinski definition) is 0. The van der Waals surface area contributed by atoms with Crippen LogP contribution < -0.4 is 0 Å². The second-order valence-corrected chi connectivity index (χ2v) is 3.08. The first-order valence-corrected chi connectivity index (χ1v) is 4.48. The van der Waals surface area contributed by atoms with Crippen LogP contribution in [0.4, 0.5) is 30.7 Å². The molecule has 0 aliphatic heterocycles. The molecule has 17 heavy (non-hydrogen) atoms. The molecule has 0 atom stereocenters. The van der Waals surface area contributed by atoms with Crippen molar-refractivity contribution in [1.29, 1.82) is 0 Å². The van der Waals surface area contributed by atoms with Crippen LogP contribution in [0.5, 0.6) is 0 Å². The third kappa shape index (κ3) is 2.24. The molecule has 0 spiro atoms. The zero-order valence-corrected chi connectivity index (χ0v) is 8.49. The molecule has 0 saturated heterocycles. The molecule has 0 aliphatic carbocycles. The Morgan fingerprint density at radius 1 is 0.824 bits per heavy atom. The zero-order valence-electron chi connectivity index (χ0n) is 7.73. The van der Waals surface area contributed by atoms with E-state index in [1.165, 1.54) is 0 Å². The Morgan fingerprint density at radius 2 is 1.24 bits per heavy atom. The van der Waals surface area contributed by atoms with Crippen molar-refractivity contribution >= 4 is 17.4 Å². The molecule has 0 radical (unpaired) electrons. The topological polar surface area (TPSA) is 0 Å². The highest BCUT2D eigenvalue weighted by molar-refractivity contribution is 6.17. The van der Waals surface area contributed by atoms with Gasteiger partial charge in [0.05, 0.1) is 11.4 Å². The maximum absolute atomic E-state index is 13.1. The predicted octanol–water partition coefficient (Wildman–Crippen LogP) is 4.52. The first-order chi connectivity index (χ1) is 7.82. The van der Waals surface area contributed by atoms with Crippen molar-refractivity contribution in [2.45, 2.75) is 5.88 Å². The quantitative estimate of drug-likeness (QED) is 0.424. The second kappa shape index (κ2) is 4.95. The van der Waals surface area contributed by atoms with E-state index in [9.17, 15) is 30.7 Å². The Labute approximate surface area is 95.3 Å². The molecule has 1 aromatic carbocycles. The lowest BCUT2D eigenvalue weighted by molar-refractivity contribution is 0.400. The van der Waals surface area contributed by atoms with Crippen LogP contribution >= 0.6 is 11.6 Å². The standard InChI is InChI=1S/C9H2ClF7/c10-1-2-4(11)6(13)3(7(14)5(2)12)8(15)9(16)17/h1H2. The van der Waals surface area contributed by atoms with Crippen molar-refractivity contribution in [3.8, 4) is 0 Å². The smallest absolute Gasteiger partial charge is 0.203 e. The highest BCUT2D eigenvalue weighted by atomic mass is 35.5. The summed E-state index contributed by atoms with van der Waals surface area (Å²) in [7, 11) is 0. The van der Waals surface area contributed by atoms with E-state index in [1.54, 1.807) is 0 Å². The monoisotopic (exact) mass is 278 g/mol. The lowest BCUT2D eigenvalue weighted by atomic mass is 10.1. The maximum Gasteiger partial charge on any atom is 0.306 e. The van der Waals surface area contributed by atoms with Gasteiger partial charge in [-0.2, -0.15) is 8.78 Å². The summed E-state index contributed by atoms with van der Waals surface area (Å²) < 4.78 is 88.5. The van der Waals surface area contributed by atoms with Gasteiger partial charge in [0.25, 0.3) is 0 Å². The Bertz CT molecular complexity index is 462. The van der Waals surface area contributed by atoms with Crippen LogP contribution in [0.2, 0.25) is 0 Å². The van der Waals surface area contributed by atoms with E-state index in [0.29, 0.717) is 0 Å².